The van der Waals surface area contributed by atoms with Gasteiger partial charge < -0.3 is 0 Å². The number of carbonyl (C=O) groups is 1. The number of hydrogen-bond acceptors (Lipinski definition) is 3. The van der Waals surface area contributed by atoms with Gasteiger partial charge in [0, 0.05) is 0 Å². The monoisotopic (exact) mass is 752 g/mol. The molecule has 0 saturated carbocycles. The Hall–Kier alpha value is 0.270. The summed E-state index contributed by atoms with van der Waals surface area (Å²) >= 11 is -3.34. The molecular formula is C13H10Cl2Hg2O5S. The number of halogens is 2. The summed E-state index contributed by atoms with van der Waals surface area (Å²) in [5.41, 5.74) is 0.379. The van der Waals surface area contributed by atoms with Crippen molar-refractivity contribution in [2.24, 2.45) is 0 Å². The van der Waals surface area contributed by atoms with Crippen molar-refractivity contribution in [1.82, 2.24) is 0 Å². The Balaban J connectivity index is 0.000000231. The van der Waals surface area contributed by atoms with Crippen molar-refractivity contribution in [2.75, 3.05) is 0 Å². The van der Waals surface area contributed by atoms with Crippen molar-refractivity contribution in [1.29, 1.82) is 0 Å². The maximum absolute atomic E-state index is 10.7. The van der Waals surface area contributed by atoms with E-state index in [2.05, 4.69) is 0 Å². The van der Waals surface area contributed by atoms with Gasteiger partial charge in [0.05, 0.1) is 0 Å². The molecule has 0 aromatic heterocycles. The van der Waals surface area contributed by atoms with E-state index in [1.807, 2.05) is 6.07 Å². The summed E-state index contributed by atoms with van der Waals surface area (Å²) in [4.78, 5) is 10.5. The Morgan fingerprint density at radius 2 is 1.39 bits per heavy atom. The van der Waals surface area contributed by atoms with Gasteiger partial charge in [0.2, 0.25) is 0 Å². The van der Waals surface area contributed by atoms with Crippen molar-refractivity contribution in [3.05, 3.63) is 54.1 Å². The molecule has 0 aliphatic heterocycles. The van der Waals surface area contributed by atoms with Crippen molar-refractivity contribution in [3.8, 4) is 0 Å². The zero-order valence-corrected chi connectivity index (χ0v) is 25.1. The minimum atomic E-state index is -4.07. The van der Waals surface area contributed by atoms with Crippen LogP contribution in [-0.4, -0.2) is 24.0 Å². The van der Waals surface area contributed by atoms with E-state index in [1.165, 1.54) is 6.07 Å². The van der Waals surface area contributed by atoms with Gasteiger partial charge in [0.1, 0.15) is 0 Å². The van der Waals surface area contributed by atoms with Gasteiger partial charge in [-0.05, 0) is 0 Å². The van der Waals surface area contributed by atoms with Gasteiger partial charge in [0.15, 0.2) is 0 Å². The second-order valence-corrected chi connectivity index (χ2v) is 18.4. The van der Waals surface area contributed by atoms with Crippen molar-refractivity contribution < 1.29 is 69.6 Å². The van der Waals surface area contributed by atoms with E-state index in [9.17, 15) is 13.2 Å². The molecule has 116 valence electrons. The van der Waals surface area contributed by atoms with Crippen LogP contribution in [0.5, 0.6) is 0 Å². The van der Waals surface area contributed by atoms with Crippen LogP contribution in [-0.2, 0) is 56.8 Å². The topological polar surface area (TPSA) is 91.7 Å². The van der Waals surface area contributed by atoms with Gasteiger partial charge in [-0.15, -0.1) is 0 Å². The molecule has 2 aromatic carbocycles. The van der Waals surface area contributed by atoms with Gasteiger partial charge in [-0.2, -0.15) is 0 Å². The third-order valence-electron chi connectivity index (χ3n) is 2.79. The molecule has 0 fully saturated rings. The van der Waals surface area contributed by atoms with Crippen LogP contribution in [0.4, 0.5) is 0 Å². The molecule has 0 radical (unpaired) electrons. The average Bonchev–Trinajstić information content (AvgIpc) is 2.54. The summed E-state index contributed by atoms with van der Waals surface area (Å²) in [7, 11) is 7.35. The molecule has 0 aliphatic carbocycles. The SMILES string of the molecule is O=C(O)c1cccc[c]1[Hg][Cl].O=S(=O)(O)c1cccc[c]1[Hg][Cl]. The first-order valence-electron chi connectivity index (χ1n) is 6.29. The number of carboxylic acids is 1. The van der Waals surface area contributed by atoms with Gasteiger partial charge in [-0.3, -0.25) is 0 Å². The number of rotatable bonds is 4. The number of benzene rings is 2. The molecule has 0 aliphatic rings. The molecule has 0 bridgehead atoms. The Kier molecular flexibility index (Phi) is 9.55. The molecule has 23 heavy (non-hydrogen) atoms. The van der Waals surface area contributed by atoms with Crippen molar-refractivity contribution in [3.63, 3.8) is 0 Å². The fourth-order valence-corrected chi connectivity index (χ4v) is 14.2. The quantitative estimate of drug-likeness (QED) is 0.369. The summed E-state index contributed by atoms with van der Waals surface area (Å²) in [5.74, 6) is -0.874. The predicted octanol–water partition coefficient (Wildman–Crippen LogP) is 2.04. The number of hydrogen-bond donors (Lipinski definition) is 2. The molecule has 0 amide bonds. The van der Waals surface area contributed by atoms with Crippen molar-refractivity contribution >= 4 is 38.7 Å². The molecule has 0 heterocycles. The molecule has 0 unspecified atom stereocenters. The van der Waals surface area contributed by atoms with Gasteiger partial charge >= 0.3 is 167 Å². The second kappa shape index (κ2) is 10.3. The van der Waals surface area contributed by atoms with E-state index in [1.54, 1.807) is 36.4 Å². The summed E-state index contributed by atoms with van der Waals surface area (Å²) in [5, 5.41) is 8.67. The first kappa shape index (κ1) is 21.3. The van der Waals surface area contributed by atoms with Crippen LogP contribution in [0.15, 0.2) is 53.4 Å². The Morgan fingerprint density at radius 1 is 0.913 bits per heavy atom. The van der Waals surface area contributed by atoms with Crippen LogP contribution >= 0.6 is 16.5 Å². The van der Waals surface area contributed by atoms with E-state index in [0.717, 1.165) is 3.07 Å². The van der Waals surface area contributed by atoms with Gasteiger partial charge in [-0.1, -0.05) is 0 Å². The molecule has 2 aromatic rings. The van der Waals surface area contributed by atoms with Crippen molar-refractivity contribution in [2.45, 2.75) is 4.90 Å². The third-order valence-corrected chi connectivity index (χ3v) is 16.8. The number of carboxylic acid groups (broad SMARTS) is 1. The van der Waals surface area contributed by atoms with Crippen LogP contribution in [0.1, 0.15) is 10.4 Å². The van der Waals surface area contributed by atoms with E-state index in [4.69, 9.17) is 26.2 Å². The summed E-state index contributed by atoms with van der Waals surface area (Å²) in [6.07, 6.45) is 0. The normalized spacial score (nSPS) is 9.87. The zero-order chi connectivity index (χ0) is 17.5. The first-order valence-corrected chi connectivity index (χ1v) is 26.8. The molecule has 2 N–H and O–H groups in total. The summed E-state index contributed by atoms with van der Waals surface area (Å²) in [6.45, 7) is 0. The van der Waals surface area contributed by atoms with Gasteiger partial charge in [-0.25, -0.2) is 0 Å². The molecule has 2 rings (SSSR count). The second-order valence-electron chi connectivity index (χ2n) is 4.31. The standard InChI is InChI=1S/C7H5O2.C6H5O3S.2ClH.2Hg/c8-7(9)6-4-2-1-3-5-6;7-10(8,9)6-4-2-1-3-5-6;;;;/h1-4H,(H,8,9);1-4H,(H,7,8,9);2*1H;;/q;;;;2*+1/p-2. The predicted molar refractivity (Wildman–Crippen MR) is 80.6 cm³/mol. The Morgan fingerprint density at radius 3 is 1.78 bits per heavy atom. The van der Waals surface area contributed by atoms with E-state index in [-0.39, 0.29) is 4.90 Å². The molecule has 5 nitrogen and oxygen atoms in total. The first-order chi connectivity index (χ1) is 10.8. The van der Waals surface area contributed by atoms with Crippen LogP contribution in [0.2, 0.25) is 0 Å². The average molecular weight is 750 g/mol. The molecular weight excluding hydrogens is 740 g/mol. The molecule has 10 heteroatoms. The van der Waals surface area contributed by atoms with Crippen LogP contribution in [0.25, 0.3) is 0 Å². The maximum atomic E-state index is 10.7. The van der Waals surface area contributed by atoms with Crippen LogP contribution in [0.3, 0.4) is 0 Å². The Labute approximate surface area is 165 Å². The van der Waals surface area contributed by atoms with E-state index >= 15 is 0 Å². The third kappa shape index (κ3) is 6.96. The van der Waals surface area contributed by atoms with E-state index < -0.39 is 62.8 Å². The molecule has 0 spiro atoms. The van der Waals surface area contributed by atoms with Crippen LogP contribution < -0.4 is 6.14 Å². The number of aromatic carboxylic acids is 1. The van der Waals surface area contributed by atoms with E-state index in [0.29, 0.717) is 8.64 Å². The molecule has 0 saturated heterocycles. The molecule has 0 atom stereocenters. The minimum absolute atomic E-state index is 0.0262. The Bertz CT molecular complexity index is 783. The van der Waals surface area contributed by atoms with Crippen LogP contribution in [0, 0.1) is 0 Å². The zero-order valence-electron chi connectivity index (χ0n) is 11.8. The fourth-order valence-electron chi connectivity index (χ4n) is 1.71. The fraction of sp³-hybridized carbons (Fsp3) is 0. The van der Waals surface area contributed by atoms with Gasteiger partial charge in [0.25, 0.3) is 0 Å². The summed E-state index contributed by atoms with van der Waals surface area (Å²) in [6, 6.07) is 13.2. The summed E-state index contributed by atoms with van der Waals surface area (Å²) < 4.78 is 31.7.